The molecule has 0 heterocycles. The summed E-state index contributed by atoms with van der Waals surface area (Å²) in [5.41, 5.74) is 1.64. The standard InChI is InChI=1S/C19H18F3NO4/c1-26-17-9-6-15(18(25)23-10-11-24)12-14(17)5-2-13-3-7-16(8-4-13)27-19(20,21)22/h2-9,12,24H,10-11H2,1H3,(H,23,25)/b5-2+. The van der Waals surface area contributed by atoms with E-state index in [1.165, 1.54) is 31.4 Å². The topological polar surface area (TPSA) is 67.8 Å². The number of carbonyl (C=O) groups is 1. The van der Waals surface area contributed by atoms with Crippen LogP contribution in [0.15, 0.2) is 42.5 Å². The van der Waals surface area contributed by atoms with Gasteiger partial charge in [0.05, 0.1) is 13.7 Å². The van der Waals surface area contributed by atoms with Crippen molar-refractivity contribution >= 4 is 18.1 Å². The fraction of sp³-hybridized carbons (Fsp3) is 0.211. The smallest absolute Gasteiger partial charge is 0.496 e. The van der Waals surface area contributed by atoms with Crippen molar-refractivity contribution in [2.24, 2.45) is 0 Å². The van der Waals surface area contributed by atoms with Gasteiger partial charge in [-0.2, -0.15) is 0 Å². The molecule has 0 radical (unpaired) electrons. The summed E-state index contributed by atoms with van der Waals surface area (Å²) in [7, 11) is 1.49. The number of carbonyl (C=O) groups excluding carboxylic acids is 1. The van der Waals surface area contributed by atoms with E-state index < -0.39 is 6.36 Å². The largest absolute Gasteiger partial charge is 0.573 e. The van der Waals surface area contributed by atoms with E-state index in [0.29, 0.717) is 22.4 Å². The second kappa shape index (κ2) is 9.09. The van der Waals surface area contributed by atoms with E-state index in [2.05, 4.69) is 10.1 Å². The SMILES string of the molecule is COc1ccc(C(=O)NCCO)cc1/C=C/c1ccc(OC(F)(F)F)cc1. The Morgan fingerprint density at radius 2 is 1.85 bits per heavy atom. The molecule has 8 heteroatoms. The zero-order valence-electron chi connectivity index (χ0n) is 14.4. The average molecular weight is 381 g/mol. The lowest BCUT2D eigenvalue weighted by Gasteiger charge is -2.09. The molecule has 27 heavy (non-hydrogen) atoms. The molecule has 144 valence electrons. The van der Waals surface area contributed by atoms with E-state index in [4.69, 9.17) is 9.84 Å². The zero-order valence-corrected chi connectivity index (χ0v) is 14.4. The van der Waals surface area contributed by atoms with Crippen molar-refractivity contribution < 1.29 is 32.5 Å². The molecular weight excluding hydrogens is 363 g/mol. The molecule has 0 aliphatic rings. The number of aliphatic hydroxyl groups is 1. The number of alkyl halides is 3. The van der Waals surface area contributed by atoms with Crippen LogP contribution in [0.2, 0.25) is 0 Å². The zero-order chi connectivity index (χ0) is 19.9. The minimum Gasteiger partial charge on any atom is -0.496 e. The highest BCUT2D eigenvalue weighted by Crippen LogP contribution is 2.25. The maximum absolute atomic E-state index is 12.2. The maximum atomic E-state index is 12.2. The van der Waals surface area contributed by atoms with Gasteiger partial charge in [0.15, 0.2) is 0 Å². The van der Waals surface area contributed by atoms with Crippen molar-refractivity contribution in [3.05, 3.63) is 59.2 Å². The third kappa shape index (κ3) is 6.34. The van der Waals surface area contributed by atoms with Gasteiger partial charge in [0.1, 0.15) is 11.5 Å². The fourth-order valence-electron chi connectivity index (χ4n) is 2.24. The molecule has 2 aromatic carbocycles. The second-order valence-corrected chi connectivity index (χ2v) is 5.39. The Balaban J connectivity index is 2.18. The van der Waals surface area contributed by atoms with E-state index in [-0.39, 0.29) is 24.8 Å². The number of benzene rings is 2. The van der Waals surface area contributed by atoms with Gasteiger partial charge >= 0.3 is 6.36 Å². The summed E-state index contributed by atoms with van der Waals surface area (Å²) in [6.45, 7) is -0.0227. The average Bonchev–Trinajstić information content (AvgIpc) is 2.64. The van der Waals surface area contributed by atoms with Crippen molar-refractivity contribution in [3.63, 3.8) is 0 Å². The van der Waals surface area contributed by atoms with Gasteiger partial charge in [0, 0.05) is 17.7 Å². The van der Waals surface area contributed by atoms with Crippen LogP contribution in [0, 0.1) is 0 Å². The number of ether oxygens (including phenoxy) is 2. The minimum absolute atomic E-state index is 0.141. The summed E-state index contributed by atoms with van der Waals surface area (Å²) in [5.74, 6) is -0.114. The van der Waals surface area contributed by atoms with Crippen LogP contribution in [0.3, 0.4) is 0 Å². The van der Waals surface area contributed by atoms with Crippen LogP contribution in [0.4, 0.5) is 13.2 Å². The first-order valence-electron chi connectivity index (χ1n) is 7.93. The quantitative estimate of drug-likeness (QED) is 0.721. The summed E-state index contributed by atoms with van der Waals surface area (Å²) in [6.07, 6.45) is -1.38. The number of rotatable bonds is 7. The molecule has 5 nitrogen and oxygen atoms in total. The van der Waals surface area contributed by atoms with Crippen LogP contribution in [0.25, 0.3) is 12.2 Å². The van der Waals surface area contributed by atoms with Crippen LogP contribution < -0.4 is 14.8 Å². The van der Waals surface area contributed by atoms with Gasteiger partial charge in [-0.25, -0.2) is 0 Å². The molecule has 0 saturated heterocycles. The lowest BCUT2D eigenvalue weighted by atomic mass is 10.1. The summed E-state index contributed by atoms with van der Waals surface area (Å²) >= 11 is 0. The van der Waals surface area contributed by atoms with Crippen molar-refractivity contribution in [2.75, 3.05) is 20.3 Å². The number of hydrogen-bond donors (Lipinski definition) is 2. The minimum atomic E-state index is -4.73. The summed E-state index contributed by atoms with van der Waals surface area (Å²) in [5, 5.41) is 11.3. The Labute approximate surface area is 154 Å². The lowest BCUT2D eigenvalue weighted by molar-refractivity contribution is -0.274. The molecule has 2 aromatic rings. The van der Waals surface area contributed by atoms with E-state index >= 15 is 0 Å². The van der Waals surface area contributed by atoms with Crippen molar-refractivity contribution in [2.45, 2.75) is 6.36 Å². The molecule has 2 rings (SSSR count). The molecule has 0 aliphatic carbocycles. The third-order valence-corrected chi connectivity index (χ3v) is 3.46. The highest BCUT2D eigenvalue weighted by atomic mass is 19.4. The molecular formula is C19H18F3NO4. The highest BCUT2D eigenvalue weighted by molar-refractivity contribution is 5.95. The lowest BCUT2D eigenvalue weighted by Crippen LogP contribution is -2.26. The maximum Gasteiger partial charge on any atom is 0.573 e. The van der Waals surface area contributed by atoms with Gasteiger partial charge < -0.3 is 19.9 Å². The number of aliphatic hydroxyl groups excluding tert-OH is 1. The molecule has 0 bridgehead atoms. The van der Waals surface area contributed by atoms with Gasteiger partial charge in [0.25, 0.3) is 5.91 Å². The van der Waals surface area contributed by atoms with Crippen molar-refractivity contribution in [3.8, 4) is 11.5 Å². The fourth-order valence-corrected chi connectivity index (χ4v) is 2.24. The van der Waals surface area contributed by atoms with Crippen LogP contribution in [0.1, 0.15) is 21.5 Å². The molecule has 0 aromatic heterocycles. The predicted octanol–water partition coefficient (Wildman–Crippen LogP) is 3.49. The molecule has 2 N–H and O–H groups in total. The first-order valence-corrected chi connectivity index (χ1v) is 7.93. The van der Waals surface area contributed by atoms with Crippen molar-refractivity contribution in [1.29, 1.82) is 0 Å². The predicted molar refractivity (Wildman–Crippen MR) is 94.5 cm³/mol. The van der Waals surface area contributed by atoms with Gasteiger partial charge in [-0.05, 0) is 35.9 Å². The molecule has 0 spiro atoms. The monoisotopic (exact) mass is 381 g/mol. The highest BCUT2D eigenvalue weighted by Gasteiger charge is 2.30. The number of hydrogen-bond acceptors (Lipinski definition) is 4. The number of methoxy groups -OCH3 is 1. The van der Waals surface area contributed by atoms with Gasteiger partial charge in [-0.3, -0.25) is 4.79 Å². The van der Waals surface area contributed by atoms with Gasteiger partial charge in [-0.15, -0.1) is 13.2 Å². The Bertz CT molecular complexity index is 802. The van der Waals surface area contributed by atoms with Crippen LogP contribution in [0.5, 0.6) is 11.5 Å². The van der Waals surface area contributed by atoms with E-state index in [1.54, 1.807) is 30.4 Å². The Kier molecular flexibility index (Phi) is 6.84. The van der Waals surface area contributed by atoms with Crippen molar-refractivity contribution in [1.82, 2.24) is 5.32 Å². The van der Waals surface area contributed by atoms with Crippen LogP contribution in [-0.4, -0.2) is 37.6 Å². The van der Waals surface area contributed by atoms with Crippen LogP contribution >= 0.6 is 0 Å². The molecule has 0 fully saturated rings. The number of halogens is 3. The molecule has 0 aliphatic heterocycles. The van der Waals surface area contributed by atoms with E-state index in [1.807, 2.05) is 0 Å². The third-order valence-electron chi connectivity index (χ3n) is 3.46. The first-order chi connectivity index (χ1) is 12.8. The summed E-state index contributed by atoms with van der Waals surface area (Å²) < 4.78 is 45.6. The van der Waals surface area contributed by atoms with Gasteiger partial charge in [-0.1, -0.05) is 24.3 Å². The Morgan fingerprint density at radius 3 is 2.44 bits per heavy atom. The number of amides is 1. The second-order valence-electron chi connectivity index (χ2n) is 5.39. The molecule has 0 unspecified atom stereocenters. The van der Waals surface area contributed by atoms with E-state index in [9.17, 15) is 18.0 Å². The number of nitrogens with one attached hydrogen (secondary N) is 1. The first kappa shape index (κ1) is 20.3. The van der Waals surface area contributed by atoms with E-state index in [0.717, 1.165) is 0 Å². The van der Waals surface area contributed by atoms with Crippen LogP contribution in [-0.2, 0) is 0 Å². The summed E-state index contributed by atoms with van der Waals surface area (Å²) in [6, 6.07) is 10.2. The molecule has 1 amide bonds. The normalized spacial score (nSPS) is 11.4. The molecule has 0 saturated carbocycles. The summed E-state index contributed by atoms with van der Waals surface area (Å²) in [4.78, 5) is 12.0. The van der Waals surface area contributed by atoms with Gasteiger partial charge in [0.2, 0.25) is 0 Å². The Morgan fingerprint density at radius 1 is 1.15 bits per heavy atom. The Hall–Kier alpha value is -3.00. The molecule has 0 atom stereocenters.